The molecule has 1 heterocycles. The molecule has 1 unspecified atom stereocenters. The van der Waals surface area contributed by atoms with E-state index in [0.717, 1.165) is 12.8 Å². The number of hydrogen-bond acceptors (Lipinski definition) is 6. The molecule has 0 aliphatic carbocycles. The van der Waals surface area contributed by atoms with Crippen molar-refractivity contribution in [3.05, 3.63) is 23.0 Å². The second-order valence-electron chi connectivity index (χ2n) is 5.73. The summed E-state index contributed by atoms with van der Waals surface area (Å²) in [6, 6.07) is 0. The SMILES string of the molecule is CC(C)=CCCC(C)CCOC(=O)C1=C(O)[C@@H](CO)OC1=O. The maximum atomic E-state index is 11.8. The number of allylic oxidation sites excluding steroid dienone is 2. The van der Waals surface area contributed by atoms with Gasteiger partial charge in [0.05, 0.1) is 13.2 Å². The van der Waals surface area contributed by atoms with Crippen molar-refractivity contribution in [2.75, 3.05) is 13.2 Å². The molecule has 0 saturated heterocycles. The third kappa shape index (κ3) is 5.18. The highest BCUT2D eigenvalue weighted by Crippen LogP contribution is 2.21. The van der Waals surface area contributed by atoms with Crippen LogP contribution in [0.5, 0.6) is 0 Å². The number of rotatable bonds is 8. The molecule has 1 aliphatic rings. The second kappa shape index (κ2) is 8.58. The molecule has 1 rings (SSSR count). The van der Waals surface area contributed by atoms with Gasteiger partial charge in [0, 0.05) is 0 Å². The van der Waals surface area contributed by atoms with Crippen LogP contribution in [0.4, 0.5) is 0 Å². The Kier molecular flexibility index (Phi) is 7.11. The van der Waals surface area contributed by atoms with Gasteiger partial charge in [-0.2, -0.15) is 0 Å². The van der Waals surface area contributed by atoms with Crippen molar-refractivity contribution < 1.29 is 29.3 Å². The fourth-order valence-electron chi connectivity index (χ4n) is 2.05. The van der Waals surface area contributed by atoms with Crippen LogP contribution in [0.2, 0.25) is 0 Å². The summed E-state index contributed by atoms with van der Waals surface area (Å²) in [5, 5.41) is 18.5. The zero-order valence-electron chi connectivity index (χ0n) is 13.3. The van der Waals surface area contributed by atoms with Crippen molar-refractivity contribution in [1.29, 1.82) is 0 Å². The van der Waals surface area contributed by atoms with Crippen LogP contribution in [0.15, 0.2) is 23.0 Å². The van der Waals surface area contributed by atoms with Gasteiger partial charge >= 0.3 is 11.9 Å². The summed E-state index contributed by atoms with van der Waals surface area (Å²) in [4.78, 5) is 23.2. The predicted molar refractivity (Wildman–Crippen MR) is 80.0 cm³/mol. The van der Waals surface area contributed by atoms with Crippen LogP contribution >= 0.6 is 0 Å². The van der Waals surface area contributed by atoms with Crippen LogP contribution in [0.3, 0.4) is 0 Å². The summed E-state index contributed by atoms with van der Waals surface area (Å²) in [7, 11) is 0. The minimum absolute atomic E-state index is 0.169. The fourth-order valence-corrected chi connectivity index (χ4v) is 2.05. The Hall–Kier alpha value is -1.82. The van der Waals surface area contributed by atoms with E-state index in [-0.39, 0.29) is 6.61 Å². The molecule has 0 aromatic rings. The number of carbonyl (C=O) groups is 2. The van der Waals surface area contributed by atoms with E-state index in [0.29, 0.717) is 12.3 Å². The maximum Gasteiger partial charge on any atom is 0.350 e. The molecular weight excluding hydrogens is 288 g/mol. The first kappa shape index (κ1) is 18.2. The van der Waals surface area contributed by atoms with E-state index in [9.17, 15) is 14.7 Å². The number of esters is 2. The van der Waals surface area contributed by atoms with E-state index >= 15 is 0 Å². The molecule has 2 N–H and O–H groups in total. The summed E-state index contributed by atoms with van der Waals surface area (Å²) in [6.07, 6.45) is 3.64. The number of aliphatic hydroxyl groups excluding tert-OH is 2. The van der Waals surface area contributed by atoms with Crippen molar-refractivity contribution in [1.82, 2.24) is 0 Å². The molecule has 22 heavy (non-hydrogen) atoms. The van der Waals surface area contributed by atoms with Gasteiger partial charge in [0.1, 0.15) is 0 Å². The first-order valence-electron chi connectivity index (χ1n) is 7.42. The summed E-state index contributed by atoms with van der Waals surface area (Å²) in [6.45, 7) is 5.76. The largest absolute Gasteiger partial charge is 0.507 e. The zero-order valence-corrected chi connectivity index (χ0v) is 13.3. The molecule has 124 valence electrons. The van der Waals surface area contributed by atoms with Gasteiger partial charge in [-0.1, -0.05) is 18.6 Å². The van der Waals surface area contributed by atoms with Crippen LogP contribution in [0, 0.1) is 5.92 Å². The van der Waals surface area contributed by atoms with Crippen molar-refractivity contribution in [3.8, 4) is 0 Å². The van der Waals surface area contributed by atoms with Gasteiger partial charge < -0.3 is 19.7 Å². The number of aliphatic hydroxyl groups is 2. The smallest absolute Gasteiger partial charge is 0.350 e. The van der Waals surface area contributed by atoms with Crippen LogP contribution in [-0.4, -0.2) is 41.5 Å². The Balaban J connectivity index is 2.39. The van der Waals surface area contributed by atoms with E-state index in [1.807, 2.05) is 13.8 Å². The molecule has 0 aromatic carbocycles. The standard InChI is InChI=1S/C16H24O6/c1-10(2)5-4-6-11(3)7-8-21-15(19)13-14(18)12(9-17)22-16(13)20/h5,11-12,17-18H,4,6-9H2,1-3H3/t11?,12-/m1/s1. The van der Waals surface area contributed by atoms with E-state index in [1.54, 1.807) is 0 Å². The number of ether oxygens (including phenoxy) is 2. The maximum absolute atomic E-state index is 11.8. The van der Waals surface area contributed by atoms with Crippen molar-refractivity contribution in [2.24, 2.45) is 5.92 Å². The van der Waals surface area contributed by atoms with Gasteiger partial charge in [-0.05, 0) is 39.0 Å². The first-order valence-corrected chi connectivity index (χ1v) is 7.42. The summed E-state index contributed by atoms with van der Waals surface area (Å²) < 4.78 is 9.64. The molecule has 0 radical (unpaired) electrons. The van der Waals surface area contributed by atoms with E-state index in [4.69, 9.17) is 9.84 Å². The molecule has 0 saturated carbocycles. The molecule has 0 spiro atoms. The molecule has 0 aromatic heterocycles. The highest BCUT2D eigenvalue weighted by Gasteiger charge is 2.39. The molecule has 6 heteroatoms. The lowest BCUT2D eigenvalue weighted by Crippen LogP contribution is -2.16. The topological polar surface area (TPSA) is 93.1 Å². The number of carbonyl (C=O) groups excluding carboxylic acids is 2. The predicted octanol–water partition coefficient (Wildman–Crippen LogP) is 2.03. The van der Waals surface area contributed by atoms with Gasteiger partial charge in [0.2, 0.25) is 0 Å². The van der Waals surface area contributed by atoms with Crippen LogP contribution < -0.4 is 0 Å². The summed E-state index contributed by atoms with van der Waals surface area (Å²) in [5.74, 6) is -2.05. The molecule has 2 atom stereocenters. The Morgan fingerprint density at radius 3 is 2.64 bits per heavy atom. The third-order valence-electron chi connectivity index (χ3n) is 3.44. The average Bonchev–Trinajstić information content (AvgIpc) is 2.72. The lowest BCUT2D eigenvalue weighted by Gasteiger charge is -2.10. The highest BCUT2D eigenvalue weighted by atomic mass is 16.6. The second-order valence-corrected chi connectivity index (χ2v) is 5.73. The van der Waals surface area contributed by atoms with Gasteiger partial charge in [-0.3, -0.25) is 0 Å². The quantitative estimate of drug-likeness (QED) is 0.405. The Labute approximate surface area is 130 Å². The Bertz CT molecular complexity index is 473. The Morgan fingerprint density at radius 2 is 2.09 bits per heavy atom. The van der Waals surface area contributed by atoms with Crippen molar-refractivity contribution >= 4 is 11.9 Å². The fraction of sp³-hybridized carbons (Fsp3) is 0.625. The van der Waals surface area contributed by atoms with Gasteiger partial charge in [0.25, 0.3) is 0 Å². The normalized spacial score (nSPS) is 18.9. The molecule has 0 fully saturated rings. The van der Waals surface area contributed by atoms with Crippen molar-refractivity contribution in [3.63, 3.8) is 0 Å². The molecule has 0 bridgehead atoms. The van der Waals surface area contributed by atoms with E-state index in [1.165, 1.54) is 5.57 Å². The van der Waals surface area contributed by atoms with Crippen molar-refractivity contribution in [2.45, 2.75) is 46.1 Å². The first-order chi connectivity index (χ1) is 10.4. The van der Waals surface area contributed by atoms with Gasteiger partial charge in [-0.15, -0.1) is 0 Å². The minimum Gasteiger partial charge on any atom is -0.507 e. The minimum atomic E-state index is -1.17. The van der Waals surface area contributed by atoms with Gasteiger partial charge in [0.15, 0.2) is 17.4 Å². The number of hydrogen-bond donors (Lipinski definition) is 2. The third-order valence-corrected chi connectivity index (χ3v) is 3.44. The number of cyclic esters (lactones) is 1. The van der Waals surface area contributed by atoms with E-state index < -0.39 is 36.0 Å². The molecule has 6 nitrogen and oxygen atoms in total. The summed E-state index contributed by atoms with van der Waals surface area (Å²) in [5.41, 5.74) is 0.760. The lowest BCUT2D eigenvalue weighted by molar-refractivity contribution is -0.147. The highest BCUT2D eigenvalue weighted by molar-refractivity contribution is 6.16. The monoisotopic (exact) mass is 312 g/mol. The van der Waals surface area contributed by atoms with Crippen LogP contribution in [0.25, 0.3) is 0 Å². The van der Waals surface area contributed by atoms with Gasteiger partial charge in [-0.25, -0.2) is 9.59 Å². The molecule has 0 amide bonds. The lowest BCUT2D eigenvalue weighted by atomic mass is 10.0. The van der Waals surface area contributed by atoms with Crippen LogP contribution in [0.1, 0.15) is 40.0 Å². The average molecular weight is 312 g/mol. The summed E-state index contributed by atoms with van der Waals surface area (Å²) >= 11 is 0. The Morgan fingerprint density at radius 1 is 1.41 bits per heavy atom. The molecular formula is C16H24O6. The van der Waals surface area contributed by atoms with E-state index in [2.05, 4.69) is 17.7 Å². The zero-order chi connectivity index (χ0) is 16.7. The molecule has 1 aliphatic heterocycles. The van der Waals surface area contributed by atoms with Crippen LogP contribution in [-0.2, 0) is 19.1 Å².